The molecule has 0 saturated heterocycles. The van der Waals surface area contributed by atoms with Gasteiger partial charge in [-0.05, 0) is 0 Å². The van der Waals surface area contributed by atoms with E-state index in [0.29, 0.717) is 0 Å². The van der Waals surface area contributed by atoms with Gasteiger partial charge in [-0.1, -0.05) is 11.6 Å². The predicted octanol–water partition coefficient (Wildman–Crippen LogP) is 1.75. The summed E-state index contributed by atoms with van der Waals surface area (Å²) in [6.45, 7) is 0. The van der Waals surface area contributed by atoms with Crippen molar-refractivity contribution in [2.24, 2.45) is 0 Å². The van der Waals surface area contributed by atoms with Crippen LogP contribution in [0.3, 0.4) is 0 Å². The predicted molar refractivity (Wildman–Crippen MR) is 48.4 cm³/mol. The Morgan fingerprint density at radius 2 is 2.20 bits per heavy atom. The fraction of sp³-hybridized carbons (Fsp3) is 0.250. The summed E-state index contributed by atoms with van der Waals surface area (Å²) in [5.41, 5.74) is -2.13. The first-order valence-corrected chi connectivity index (χ1v) is 4.14. The van der Waals surface area contributed by atoms with Crippen molar-refractivity contribution < 1.29 is 18.3 Å². The number of esters is 1. The number of carbonyl (C=O) groups excluding carboxylic acids is 1. The van der Waals surface area contributed by atoms with Gasteiger partial charge in [-0.15, -0.1) is 0 Å². The molecule has 1 heterocycles. The molecule has 0 aliphatic carbocycles. The molecule has 0 aliphatic rings. The van der Waals surface area contributed by atoms with Crippen LogP contribution in [0.4, 0.5) is 8.78 Å². The zero-order valence-corrected chi connectivity index (χ0v) is 8.27. The summed E-state index contributed by atoms with van der Waals surface area (Å²) >= 11 is 5.39. The minimum atomic E-state index is -2.99. The lowest BCUT2D eigenvalue weighted by Crippen LogP contribution is -2.15. The van der Waals surface area contributed by atoms with E-state index in [1.807, 2.05) is 0 Å². The molecule has 0 bridgehead atoms. The van der Waals surface area contributed by atoms with Crippen LogP contribution >= 0.6 is 11.6 Å². The molecule has 0 radical (unpaired) electrons. The Bertz CT molecular complexity index is 444. The molecular weight excluding hydrogens is 232 g/mol. The number of rotatable bonds is 2. The Morgan fingerprint density at radius 3 is 2.60 bits per heavy atom. The van der Waals surface area contributed by atoms with Gasteiger partial charge in [0.05, 0.1) is 7.11 Å². The number of aromatic amines is 1. The summed E-state index contributed by atoms with van der Waals surface area (Å²) in [5, 5.41) is -0.557. The van der Waals surface area contributed by atoms with Crippen LogP contribution in [0.1, 0.15) is 22.5 Å². The molecule has 0 aliphatic heterocycles. The molecule has 0 saturated carbocycles. The van der Waals surface area contributed by atoms with Crippen LogP contribution in [0.15, 0.2) is 10.9 Å². The summed E-state index contributed by atoms with van der Waals surface area (Å²) in [4.78, 5) is 24.3. The smallest absolute Gasteiger partial charge is 0.354 e. The van der Waals surface area contributed by atoms with E-state index in [1.54, 1.807) is 0 Å². The van der Waals surface area contributed by atoms with Crippen LogP contribution in [0.5, 0.6) is 0 Å². The largest absolute Gasteiger partial charge is 0.464 e. The highest BCUT2D eigenvalue weighted by molar-refractivity contribution is 6.30. The van der Waals surface area contributed by atoms with Crippen LogP contribution in [0.25, 0.3) is 0 Å². The third kappa shape index (κ3) is 2.33. The summed E-state index contributed by atoms with van der Waals surface area (Å²) < 4.78 is 28.9. The van der Waals surface area contributed by atoms with Crippen molar-refractivity contribution in [1.29, 1.82) is 0 Å². The normalized spacial score (nSPS) is 10.5. The van der Waals surface area contributed by atoms with E-state index in [2.05, 4.69) is 9.72 Å². The molecule has 0 unspecified atom stereocenters. The zero-order chi connectivity index (χ0) is 11.6. The van der Waals surface area contributed by atoms with Crippen molar-refractivity contribution >= 4 is 17.6 Å². The summed E-state index contributed by atoms with van der Waals surface area (Å²) in [7, 11) is 1.09. The molecule has 1 N–H and O–H groups in total. The second kappa shape index (κ2) is 4.39. The average Bonchev–Trinajstić information content (AvgIpc) is 2.14. The Hall–Kier alpha value is -1.43. The molecule has 0 amide bonds. The highest BCUT2D eigenvalue weighted by Gasteiger charge is 2.19. The number of aromatic nitrogens is 1. The van der Waals surface area contributed by atoms with Crippen molar-refractivity contribution in [1.82, 2.24) is 4.98 Å². The van der Waals surface area contributed by atoms with Crippen molar-refractivity contribution in [2.75, 3.05) is 7.11 Å². The highest BCUT2D eigenvalue weighted by Crippen LogP contribution is 2.21. The number of hydrogen-bond acceptors (Lipinski definition) is 3. The minimum absolute atomic E-state index is 0.267. The fourth-order valence-corrected chi connectivity index (χ4v) is 1.24. The molecule has 1 rings (SSSR count). The van der Waals surface area contributed by atoms with E-state index < -0.39 is 28.5 Å². The number of H-pyrrole nitrogens is 1. The van der Waals surface area contributed by atoms with Gasteiger partial charge in [0.2, 0.25) is 0 Å². The van der Waals surface area contributed by atoms with Crippen molar-refractivity contribution in [3.63, 3.8) is 0 Å². The van der Waals surface area contributed by atoms with Gasteiger partial charge in [-0.3, -0.25) is 4.79 Å². The molecule has 4 nitrogen and oxygen atoms in total. The number of methoxy groups -OCH3 is 1. The van der Waals surface area contributed by atoms with Gasteiger partial charge in [0.1, 0.15) is 16.4 Å². The molecular formula is C8H6ClF2NO3. The second-order valence-electron chi connectivity index (χ2n) is 2.57. The summed E-state index contributed by atoms with van der Waals surface area (Å²) in [5.74, 6) is -0.852. The van der Waals surface area contributed by atoms with Crippen LogP contribution in [0.2, 0.25) is 5.15 Å². The van der Waals surface area contributed by atoms with Crippen LogP contribution in [0, 0.1) is 0 Å². The van der Waals surface area contributed by atoms with Crippen molar-refractivity contribution in [3.05, 3.63) is 32.7 Å². The third-order valence-electron chi connectivity index (χ3n) is 1.65. The molecule has 1 aromatic heterocycles. The maximum absolute atomic E-state index is 12.3. The van der Waals surface area contributed by atoms with Gasteiger partial charge < -0.3 is 9.72 Å². The maximum atomic E-state index is 12.3. The molecule has 82 valence electrons. The van der Waals surface area contributed by atoms with E-state index >= 15 is 0 Å². The first-order valence-electron chi connectivity index (χ1n) is 3.76. The number of alkyl halides is 2. The fourth-order valence-electron chi connectivity index (χ4n) is 0.962. The van der Waals surface area contributed by atoms with E-state index in [9.17, 15) is 18.4 Å². The van der Waals surface area contributed by atoms with Crippen molar-refractivity contribution in [3.8, 4) is 0 Å². The van der Waals surface area contributed by atoms with Gasteiger partial charge in [-0.2, -0.15) is 0 Å². The highest BCUT2D eigenvalue weighted by atomic mass is 35.5. The quantitative estimate of drug-likeness (QED) is 0.630. The SMILES string of the molecule is COC(=O)c1cc(=O)c(C(F)F)c(Cl)[nH]1. The minimum Gasteiger partial charge on any atom is -0.464 e. The number of hydrogen-bond donors (Lipinski definition) is 1. The van der Waals surface area contributed by atoms with Gasteiger partial charge in [0.15, 0.2) is 5.43 Å². The van der Waals surface area contributed by atoms with E-state index in [1.165, 1.54) is 0 Å². The van der Waals surface area contributed by atoms with Crippen LogP contribution < -0.4 is 5.43 Å². The van der Waals surface area contributed by atoms with Crippen LogP contribution in [-0.4, -0.2) is 18.1 Å². The lowest BCUT2D eigenvalue weighted by atomic mass is 10.2. The topological polar surface area (TPSA) is 59.2 Å². The standard InChI is InChI=1S/C8H6ClF2NO3/c1-15-8(14)3-2-4(13)5(7(10)11)6(9)12-3/h2,7H,1H3,(H,12,13). The van der Waals surface area contributed by atoms with Crippen molar-refractivity contribution in [2.45, 2.75) is 6.43 Å². The Kier molecular flexibility index (Phi) is 3.41. The third-order valence-corrected chi connectivity index (χ3v) is 1.94. The average molecular weight is 238 g/mol. The number of pyridine rings is 1. The summed E-state index contributed by atoms with van der Waals surface area (Å²) in [6.07, 6.45) is -2.99. The molecule has 0 fully saturated rings. The Morgan fingerprint density at radius 1 is 1.60 bits per heavy atom. The Labute approximate surface area is 87.8 Å². The zero-order valence-electron chi connectivity index (χ0n) is 7.51. The van der Waals surface area contributed by atoms with Crippen LogP contribution in [-0.2, 0) is 4.74 Å². The van der Waals surface area contributed by atoms with E-state index in [-0.39, 0.29) is 5.69 Å². The van der Waals surface area contributed by atoms with Gasteiger partial charge in [0, 0.05) is 6.07 Å². The maximum Gasteiger partial charge on any atom is 0.354 e. The Balaban J connectivity index is 3.32. The molecule has 15 heavy (non-hydrogen) atoms. The van der Waals surface area contributed by atoms with Gasteiger partial charge in [-0.25, -0.2) is 13.6 Å². The second-order valence-corrected chi connectivity index (χ2v) is 2.95. The molecule has 0 spiro atoms. The number of carbonyl (C=O) groups is 1. The number of nitrogens with one attached hydrogen (secondary N) is 1. The van der Waals surface area contributed by atoms with Gasteiger partial charge in [0.25, 0.3) is 6.43 Å². The summed E-state index contributed by atoms with van der Waals surface area (Å²) in [6, 6.07) is 0.721. The molecule has 7 heteroatoms. The number of ether oxygens (including phenoxy) is 1. The lowest BCUT2D eigenvalue weighted by Gasteiger charge is -2.04. The molecule has 0 aromatic carbocycles. The lowest BCUT2D eigenvalue weighted by molar-refractivity contribution is 0.0593. The molecule has 0 atom stereocenters. The van der Waals surface area contributed by atoms with Gasteiger partial charge >= 0.3 is 5.97 Å². The first-order chi connectivity index (χ1) is 6.97. The first kappa shape index (κ1) is 11.6. The monoisotopic (exact) mass is 237 g/mol. The number of halogens is 3. The molecule has 1 aromatic rings. The van der Waals surface area contributed by atoms with E-state index in [0.717, 1.165) is 13.2 Å². The van der Waals surface area contributed by atoms with E-state index in [4.69, 9.17) is 11.6 Å².